The molecule has 0 aliphatic heterocycles. The second-order valence-corrected chi connectivity index (χ2v) is 15.0. The van der Waals surface area contributed by atoms with Crippen LogP contribution in [0.1, 0.15) is 6.92 Å². The maximum Gasteiger partial charge on any atom is 0.0923 e. The summed E-state index contributed by atoms with van der Waals surface area (Å²) in [6, 6.07) is 67.5. The summed E-state index contributed by atoms with van der Waals surface area (Å²) in [5.41, 5.74) is 0. The molecule has 2 nitrogen and oxygen atoms in total. The highest BCUT2D eigenvalue weighted by molar-refractivity contribution is 7.94. The largest absolute Gasteiger partial charge is 0.199 e. The van der Waals surface area contributed by atoms with E-state index >= 15 is 0 Å². The van der Waals surface area contributed by atoms with Gasteiger partial charge in [0.25, 0.3) is 0 Å². The molecule has 0 aliphatic carbocycles. The Kier molecular flexibility index (Phi) is 12.5. The number of nitriles is 2. The third-order valence-corrected chi connectivity index (χ3v) is 13.1. The third kappa shape index (κ3) is 8.10. The van der Waals surface area contributed by atoms with Gasteiger partial charge in [-0.25, -0.2) is 0 Å². The Hall–Kier alpha value is -4.97. The molecule has 6 aromatic carbocycles. The molecule has 0 saturated heterocycles. The van der Waals surface area contributed by atoms with E-state index in [0.29, 0.717) is 0 Å². The van der Waals surface area contributed by atoms with Gasteiger partial charge in [-0.05, 0) is 46.6 Å². The van der Waals surface area contributed by atoms with Crippen LogP contribution >= 0.6 is 14.8 Å². The topological polar surface area (TPSA) is 47.6 Å². The maximum atomic E-state index is 9.51. The summed E-state index contributed by atoms with van der Waals surface area (Å²) >= 11 is 0. The van der Waals surface area contributed by atoms with Gasteiger partial charge in [0.2, 0.25) is 0 Å². The molecule has 6 rings (SSSR count). The van der Waals surface area contributed by atoms with Crippen LogP contribution in [0.5, 0.6) is 0 Å². The van der Waals surface area contributed by atoms with Crippen molar-refractivity contribution in [3.8, 4) is 12.1 Å². The van der Waals surface area contributed by atoms with Crippen LogP contribution in [0, 0.1) is 22.7 Å². The van der Waals surface area contributed by atoms with Crippen LogP contribution in [0.4, 0.5) is 0 Å². The van der Waals surface area contributed by atoms with Gasteiger partial charge in [0.15, 0.2) is 0 Å². The van der Waals surface area contributed by atoms with Crippen molar-refractivity contribution < 1.29 is 0 Å². The molecule has 4 heteroatoms. The highest BCUT2D eigenvalue weighted by atomic mass is 31.2. The van der Waals surface area contributed by atoms with Crippen LogP contribution in [0.25, 0.3) is 0 Å². The summed E-state index contributed by atoms with van der Waals surface area (Å²) in [5.74, 6) is 1.84. The van der Waals surface area contributed by atoms with Crippen molar-refractivity contribution in [2.45, 2.75) is 6.92 Å². The fourth-order valence-corrected chi connectivity index (χ4v) is 10.7. The van der Waals surface area contributed by atoms with E-state index in [4.69, 9.17) is 5.26 Å². The number of hydrogen-bond acceptors (Lipinski definition) is 2. The number of hydrogen-bond donors (Lipinski definition) is 0. The summed E-state index contributed by atoms with van der Waals surface area (Å²) in [5, 5.41) is 24.6. The highest BCUT2D eigenvalue weighted by Gasteiger charge is 2.24. The summed E-state index contributed by atoms with van der Waals surface area (Å²) in [6.07, 6.45) is 0. The number of benzene rings is 6. The van der Waals surface area contributed by atoms with Gasteiger partial charge in [-0.3, -0.25) is 0 Å². The molecule has 0 amide bonds. The lowest BCUT2D eigenvalue weighted by molar-refractivity contribution is 1.49. The first-order valence-electron chi connectivity index (χ1n) is 14.3. The van der Waals surface area contributed by atoms with E-state index in [9.17, 15) is 5.26 Å². The Morgan fingerprint density at radius 2 is 0.659 bits per heavy atom. The van der Waals surface area contributed by atoms with Crippen LogP contribution < -0.4 is 31.8 Å². The number of nitrogens with zero attached hydrogens (tertiary/aromatic N) is 2. The van der Waals surface area contributed by atoms with Crippen molar-refractivity contribution in [2.75, 3.05) is 0 Å². The maximum absolute atomic E-state index is 9.51. The van der Waals surface area contributed by atoms with Gasteiger partial charge in [-0.1, -0.05) is 182 Å². The highest BCUT2D eigenvalue weighted by Crippen LogP contribution is 2.43. The molecule has 0 aromatic heterocycles. The van der Waals surface area contributed by atoms with E-state index in [2.05, 4.69) is 133 Å². The normalized spacial score (nSPS) is 10.1. The molecule has 0 fully saturated rings. The second kappa shape index (κ2) is 17.2. The lowest BCUT2D eigenvalue weighted by Crippen LogP contribution is -2.26. The molecule has 0 bridgehead atoms. The molecular formula is C40H34N2P2. The molecule has 44 heavy (non-hydrogen) atoms. The smallest absolute Gasteiger partial charge is 0.0923 e. The quantitative estimate of drug-likeness (QED) is 0.188. The van der Waals surface area contributed by atoms with Crippen molar-refractivity contribution in [3.63, 3.8) is 0 Å². The zero-order valence-electron chi connectivity index (χ0n) is 24.7. The standard InChI is InChI=1S/C20H16NP.C18H15P.C2H3N/c21-16-17-22(18-10-4-1-5-11-18,19-12-6-2-7-13-19)20-14-8-3-9-15-20;1-4-10-16(11-5-1)19(17-12-6-2-7-13-17)18-14-8-3-9-15-18;1-2-3/h1-15,17H;1-15H;1H3. The van der Waals surface area contributed by atoms with E-state index < -0.39 is 14.8 Å². The summed E-state index contributed by atoms with van der Waals surface area (Å²) in [4.78, 5) is 0. The predicted molar refractivity (Wildman–Crippen MR) is 193 cm³/mol. The second-order valence-electron chi connectivity index (χ2n) is 9.55. The zero-order chi connectivity index (χ0) is 30.9. The van der Waals surface area contributed by atoms with Crippen molar-refractivity contribution in [1.29, 1.82) is 10.5 Å². The SMILES string of the molecule is CC#N.N#CC=P(c1ccccc1)(c1ccccc1)c1ccccc1.c1ccc(P(c2ccccc2)c2ccccc2)cc1. The van der Waals surface area contributed by atoms with Crippen LogP contribution in [0.2, 0.25) is 0 Å². The Morgan fingerprint density at radius 1 is 0.432 bits per heavy atom. The molecule has 0 atom stereocenters. The molecule has 0 spiro atoms. The fourth-order valence-electron chi connectivity index (χ4n) is 4.93. The lowest BCUT2D eigenvalue weighted by atomic mass is 10.4. The number of rotatable bonds is 6. The van der Waals surface area contributed by atoms with Gasteiger partial charge in [-0.2, -0.15) is 10.5 Å². The minimum absolute atomic E-state index is 0.446. The molecule has 6 aromatic rings. The van der Waals surface area contributed by atoms with Gasteiger partial charge in [-0.15, -0.1) is 0 Å². The third-order valence-electron chi connectivity index (χ3n) is 6.78. The summed E-state index contributed by atoms with van der Waals surface area (Å²) in [6.45, 7) is -0.609. The van der Waals surface area contributed by atoms with E-state index in [0.717, 1.165) is 0 Å². The molecule has 214 valence electrons. The van der Waals surface area contributed by atoms with Gasteiger partial charge >= 0.3 is 0 Å². The molecule has 0 unspecified atom stereocenters. The molecule has 0 radical (unpaired) electrons. The van der Waals surface area contributed by atoms with E-state index in [1.807, 2.05) is 60.4 Å². The first-order chi connectivity index (χ1) is 21.7. The Morgan fingerprint density at radius 3 is 0.886 bits per heavy atom. The van der Waals surface area contributed by atoms with Crippen molar-refractivity contribution >= 4 is 52.4 Å². The molecule has 0 heterocycles. The van der Waals surface area contributed by atoms with E-state index in [1.54, 1.807) is 6.07 Å². The van der Waals surface area contributed by atoms with Gasteiger partial charge < -0.3 is 0 Å². The predicted octanol–water partition coefficient (Wildman–Crippen LogP) is 7.28. The van der Waals surface area contributed by atoms with Crippen molar-refractivity contribution in [1.82, 2.24) is 0 Å². The average molecular weight is 605 g/mol. The minimum Gasteiger partial charge on any atom is -0.199 e. The van der Waals surface area contributed by atoms with Crippen LogP contribution in [-0.2, 0) is 0 Å². The molecular weight excluding hydrogens is 570 g/mol. The van der Waals surface area contributed by atoms with Crippen LogP contribution in [0.3, 0.4) is 0 Å². The first kappa shape index (κ1) is 32.0. The van der Waals surface area contributed by atoms with Crippen molar-refractivity contribution in [2.24, 2.45) is 0 Å². The monoisotopic (exact) mass is 604 g/mol. The molecule has 0 aliphatic rings. The molecule has 0 N–H and O–H groups in total. The van der Waals surface area contributed by atoms with Gasteiger partial charge in [0, 0.05) is 12.7 Å². The van der Waals surface area contributed by atoms with Crippen LogP contribution in [0.15, 0.2) is 182 Å². The fraction of sp³-hybridized carbons (Fsp3) is 0.0250. The summed E-state index contributed by atoms with van der Waals surface area (Å²) in [7, 11) is -0.446. The van der Waals surface area contributed by atoms with Gasteiger partial charge in [0.1, 0.15) is 0 Å². The Bertz CT molecular complexity index is 1610. The molecule has 0 saturated carbocycles. The average Bonchev–Trinajstić information content (AvgIpc) is 3.11. The van der Waals surface area contributed by atoms with E-state index in [-0.39, 0.29) is 0 Å². The van der Waals surface area contributed by atoms with Gasteiger partial charge in [0.05, 0.1) is 12.1 Å². The van der Waals surface area contributed by atoms with Crippen LogP contribution in [-0.4, -0.2) is 5.80 Å². The lowest BCUT2D eigenvalue weighted by Gasteiger charge is -2.27. The zero-order valence-corrected chi connectivity index (χ0v) is 26.5. The first-order valence-corrected chi connectivity index (χ1v) is 17.5. The summed E-state index contributed by atoms with van der Waals surface area (Å²) < 4.78 is 0. The minimum atomic E-state index is -2.04. The Labute approximate surface area is 263 Å². The van der Waals surface area contributed by atoms with E-state index in [1.165, 1.54) is 38.8 Å². The van der Waals surface area contributed by atoms with Crippen molar-refractivity contribution in [3.05, 3.63) is 182 Å². The Balaban J connectivity index is 0.000000186.